The highest BCUT2D eigenvalue weighted by atomic mass is 35.5. The number of H-pyrrole nitrogens is 1. The van der Waals surface area contributed by atoms with Crippen LogP contribution in [0.3, 0.4) is 0 Å². The molecule has 1 aliphatic heterocycles. The molecule has 5 N–H and O–H groups in total. The second-order valence-corrected chi connectivity index (χ2v) is 7.66. The predicted molar refractivity (Wildman–Crippen MR) is 110 cm³/mol. The number of nitrogens with one attached hydrogen (secondary N) is 1. The van der Waals surface area contributed by atoms with Crippen LogP contribution in [0.2, 0.25) is 0 Å². The molecule has 1 aromatic carbocycles. The highest BCUT2D eigenvalue weighted by Gasteiger charge is 2.69. The summed E-state index contributed by atoms with van der Waals surface area (Å²) in [6.07, 6.45) is -1.28. The maximum Gasteiger partial charge on any atom is 0.280 e. The molecule has 0 saturated carbocycles. The van der Waals surface area contributed by atoms with E-state index in [2.05, 4.69) is 15.0 Å². The predicted octanol–water partition coefficient (Wildman–Crippen LogP) is 0.252. The van der Waals surface area contributed by atoms with Crippen LogP contribution in [0.5, 0.6) is 0 Å². The van der Waals surface area contributed by atoms with E-state index in [0.717, 1.165) is 5.56 Å². The summed E-state index contributed by atoms with van der Waals surface area (Å²) < 4.78 is 7.53. The largest absolute Gasteiger partial charge is 0.394 e. The number of halogens is 1. The summed E-state index contributed by atoms with van der Waals surface area (Å²) in [4.78, 5) is 33.7. The van der Waals surface area contributed by atoms with Gasteiger partial charge in [0.1, 0.15) is 12.2 Å². The van der Waals surface area contributed by atoms with Crippen molar-refractivity contribution in [2.75, 3.05) is 18.9 Å². The average molecular weight is 452 g/mol. The van der Waals surface area contributed by atoms with Crippen LogP contribution in [0.4, 0.5) is 5.95 Å². The number of fused-ring (bicyclic) bond motifs is 1. The fraction of sp³-hybridized carbons (Fsp3) is 0.421. The van der Waals surface area contributed by atoms with Gasteiger partial charge in [-0.2, -0.15) is 4.98 Å². The van der Waals surface area contributed by atoms with E-state index in [0.29, 0.717) is 0 Å². The van der Waals surface area contributed by atoms with Crippen LogP contribution < -0.4 is 11.3 Å². The van der Waals surface area contributed by atoms with E-state index in [1.54, 1.807) is 6.92 Å². The number of benzene rings is 1. The highest BCUT2D eigenvalue weighted by Crippen LogP contribution is 2.51. The number of aromatic amines is 1. The molecule has 1 fully saturated rings. The third-order valence-electron chi connectivity index (χ3n) is 5.19. The van der Waals surface area contributed by atoms with Crippen LogP contribution in [0, 0.1) is 0 Å². The Morgan fingerprint density at radius 1 is 1.39 bits per heavy atom. The third kappa shape index (κ3) is 3.39. The van der Waals surface area contributed by atoms with E-state index in [4.69, 9.17) is 31.8 Å². The first-order valence-electron chi connectivity index (χ1n) is 9.60. The Morgan fingerprint density at radius 2 is 2.13 bits per heavy atom. The molecule has 0 amide bonds. The van der Waals surface area contributed by atoms with E-state index in [1.807, 2.05) is 30.3 Å². The van der Waals surface area contributed by atoms with Crippen LogP contribution in [-0.4, -0.2) is 60.2 Å². The van der Waals surface area contributed by atoms with E-state index in [9.17, 15) is 15.0 Å². The molecule has 0 spiro atoms. The summed E-state index contributed by atoms with van der Waals surface area (Å²) in [5, 5.41) is 18.8. The van der Waals surface area contributed by atoms with E-state index in [-0.39, 0.29) is 30.1 Å². The zero-order chi connectivity index (χ0) is 22.2. The SMILES string of the molecule is CCOO[C@]1(Cl)[C@H](O)[C@@H](CO)O[C@@]1(Cc1ccccc1)n1cnc2c(=O)[nH]c(N)nc21. The highest BCUT2D eigenvalue weighted by molar-refractivity contribution is 6.24. The van der Waals surface area contributed by atoms with Crippen molar-refractivity contribution in [1.82, 2.24) is 19.5 Å². The molecule has 0 aliphatic carbocycles. The number of nitrogen functional groups attached to an aromatic ring is 1. The zero-order valence-corrected chi connectivity index (χ0v) is 17.3. The van der Waals surface area contributed by atoms with E-state index >= 15 is 0 Å². The smallest absolute Gasteiger partial charge is 0.280 e. The lowest BCUT2D eigenvalue weighted by Crippen LogP contribution is -2.56. The van der Waals surface area contributed by atoms with Gasteiger partial charge in [0.15, 0.2) is 11.2 Å². The molecular weight excluding hydrogens is 430 g/mol. The Labute approximate surface area is 181 Å². The lowest BCUT2D eigenvalue weighted by atomic mass is 9.94. The fourth-order valence-electron chi connectivity index (χ4n) is 3.79. The molecule has 12 heteroatoms. The third-order valence-corrected chi connectivity index (χ3v) is 5.77. The molecule has 4 atom stereocenters. The van der Waals surface area contributed by atoms with E-state index < -0.39 is 35.2 Å². The number of aliphatic hydroxyl groups is 2. The molecule has 1 aliphatic rings. The Balaban J connectivity index is 1.99. The number of hydrogen-bond acceptors (Lipinski definition) is 9. The Bertz CT molecular complexity index is 1120. The quantitative estimate of drug-likeness (QED) is 0.224. The number of anilines is 1. The standard InChI is InChI=1S/C19H22ClN5O6/c1-2-29-31-19(20)14(27)12(9-26)30-18(19,8-11-6-4-3-5-7-11)25-10-22-13-15(25)23-17(21)24-16(13)28/h3-7,10,12,14,26-27H,2,8-9H2,1H3,(H3,21,23,24,28)/t12-,14-,18-,19-/m1/s1. The molecule has 3 aromatic rings. The minimum atomic E-state index is -2.04. The normalized spacial score (nSPS) is 28.4. The van der Waals surface area contributed by atoms with Crippen LogP contribution in [-0.2, 0) is 26.7 Å². The van der Waals surface area contributed by atoms with Crippen molar-refractivity contribution in [2.45, 2.75) is 36.3 Å². The summed E-state index contributed by atoms with van der Waals surface area (Å²) in [6, 6.07) is 9.15. The molecule has 0 radical (unpaired) electrons. The summed E-state index contributed by atoms with van der Waals surface area (Å²) in [5.41, 5.74) is 4.28. The van der Waals surface area contributed by atoms with Gasteiger partial charge in [0.25, 0.3) is 10.6 Å². The number of nitrogens with two attached hydrogens (primary N) is 1. The number of aromatic nitrogens is 4. The number of rotatable bonds is 7. The number of nitrogens with zero attached hydrogens (tertiary/aromatic N) is 3. The zero-order valence-electron chi connectivity index (χ0n) is 16.6. The van der Waals surface area contributed by atoms with E-state index in [1.165, 1.54) is 10.9 Å². The summed E-state index contributed by atoms with van der Waals surface area (Å²) >= 11 is 6.89. The van der Waals surface area contributed by atoms with Crippen LogP contribution in [0.1, 0.15) is 12.5 Å². The second kappa shape index (κ2) is 8.19. The Morgan fingerprint density at radius 3 is 2.81 bits per heavy atom. The monoisotopic (exact) mass is 451 g/mol. The Hall–Kier alpha value is -2.54. The topological polar surface area (TPSA) is 158 Å². The summed E-state index contributed by atoms with van der Waals surface area (Å²) in [7, 11) is 0. The minimum absolute atomic E-state index is 0.0115. The van der Waals surface area contributed by atoms with Gasteiger partial charge >= 0.3 is 0 Å². The lowest BCUT2D eigenvalue weighted by Gasteiger charge is -2.40. The molecule has 11 nitrogen and oxygen atoms in total. The number of aliphatic hydroxyl groups excluding tert-OH is 2. The first kappa shape index (κ1) is 21.7. The summed E-state index contributed by atoms with van der Waals surface area (Å²) in [6.45, 7) is 1.26. The number of imidazole rings is 1. The maximum absolute atomic E-state index is 12.3. The van der Waals surface area contributed by atoms with Gasteiger partial charge in [-0.3, -0.25) is 14.3 Å². The molecule has 31 heavy (non-hydrogen) atoms. The number of ether oxygens (including phenoxy) is 1. The van der Waals surface area contributed by atoms with Gasteiger partial charge in [-0.05, 0) is 12.5 Å². The van der Waals surface area contributed by atoms with Gasteiger partial charge in [-0.15, -0.1) is 0 Å². The van der Waals surface area contributed by atoms with Gasteiger partial charge in [0, 0.05) is 6.42 Å². The van der Waals surface area contributed by atoms with Crippen molar-refractivity contribution < 1.29 is 24.7 Å². The lowest BCUT2D eigenvalue weighted by molar-refractivity contribution is -0.375. The van der Waals surface area contributed by atoms with Gasteiger partial charge in [0.05, 0.1) is 19.5 Å². The molecule has 4 rings (SSSR count). The first-order valence-corrected chi connectivity index (χ1v) is 9.97. The second-order valence-electron chi connectivity index (χ2n) is 7.10. The van der Waals surface area contributed by atoms with Crippen LogP contribution in [0.15, 0.2) is 41.5 Å². The van der Waals surface area contributed by atoms with Crippen molar-refractivity contribution in [3.05, 3.63) is 52.6 Å². The molecule has 2 aromatic heterocycles. The molecule has 166 valence electrons. The van der Waals surface area contributed by atoms with Crippen LogP contribution >= 0.6 is 11.6 Å². The summed E-state index contributed by atoms with van der Waals surface area (Å²) in [5.74, 6) is -0.141. The molecule has 0 bridgehead atoms. The number of hydrogen-bond donors (Lipinski definition) is 4. The van der Waals surface area contributed by atoms with Crippen molar-refractivity contribution in [3.8, 4) is 0 Å². The average Bonchev–Trinajstić information content (AvgIpc) is 3.27. The molecule has 0 unspecified atom stereocenters. The first-order chi connectivity index (χ1) is 14.9. The van der Waals surface area contributed by atoms with Gasteiger partial charge < -0.3 is 20.7 Å². The maximum atomic E-state index is 12.3. The number of alkyl halides is 1. The Kier molecular flexibility index (Phi) is 5.73. The fourth-order valence-corrected chi connectivity index (χ4v) is 4.18. The molecule has 1 saturated heterocycles. The van der Waals surface area contributed by atoms with Crippen molar-refractivity contribution >= 4 is 28.7 Å². The van der Waals surface area contributed by atoms with Crippen molar-refractivity contribution in [1.29, 1.82) is 0 Å². The van der Waals surface area contributed by atoms with Gasteiger partial charge in [0.2, 0.25) is 11.7 Å². The van der Waals surface area contributed by atoms with Crippen LogP contribution in [0.25, 0.3) is 11.2 Å². The van der Waals surface area contributed by atoms with Gasteiger partial charge in [-0.1, -0.05) is 41.9 Å². The molecular formula is C19H22ClN5O6. The van der Waals surface area contributed by atoms with Crippen molar-refractivity contribution in [3.63, 3.8) is 0 Å². The van der Waals surface area contributed by atoms with Gasteiger partial charge in [-0.25, -0.2) is 14.8 Å². The molecule has 3 heterocycles. The van der Waals surface area contributed by atoms with Crippen molar-refractivity contribution in [2.24, 2.45) is 0 Å². The minimum Gasteiger partial charge on any atom is -0.394 e.